The number of hydrogen-bond acceptors (Lipinski definition) is 3. The number of quaternary nitrogens is 1. The van der Waals surface area contributed by atoms with Crippen molar-refractivity contribution < 1.29 is 24.3 Å². The van der Waals surface area contributed by atoms with Crippen LogP contribution in [0.1, 0.15) is 0 Å². The molecule has 5 heteroatoms. The molecule has 5 nitrogen and oxygen atoms in total. The number of carbonyl (C=O) groups excluding carboxylic acids is 1. The van der Waals surface area contributed by atoms with Crippen LogP contribution in [0.15, 0.2) is 0 Å². The minimum Gasteiger partial charge on any atom is -0.550 e. The zero-order valence-electron chi connectivity index (χ0n) is 8.56. The predicted octanol–water partition coefficient (Wildman–Crippen LogP) is -1.61. The highest BCUT2D eigenvalue weighted by molar-refractivity contribution is 5.85. The third kappa shape index (κ3) is 2.23. The van der Waals surface area contributed by atoms with Gasteiger partial charge in [-0.3, -0.25) is 4.79 Å². The van der Waals surface area contributed by atoms with Crippen LogP contribution in [0.25, 0.3) is 0 Å². The quantitative estimate of drug-likeness (QED) is 0.555. The van der Waals surface area contributed by atoms with Gasteiger partial charge in [-0.2, -0.15) is 0 Å². The summed E-state index contributed by atoms with van der Waals surface area (Å²) in [6.07, 6.45) is 0. The Morgan fingerprint density at radius 3 is 2.00 bits per heavy atom. The van der Waals surface area contributed by atoms with Gasteiger partial charge in [-0.15, -0.1) is 0 Å². The highest BCUT2D eigenvalue weighted by Gasteiger charge is 2.58. The normalized spacial score (nSPS) is 31.2. The van der Waals surface area contributed by atoms with Crippen molar-refractivity contribution >= 4 is 11.9 Å². The predicted molar refractivity (Wildman–Crippen MR) is 46.0 cm³/mol. The zero-order valence-corrected chi connectivity index (χ0v) is 8.56. The monoisotopic (exact) mass is 201 g/mol. The molecule has 1 saturated carbocycles. The molecule has 0 amide bonds. The molecule has 14 heavy (non-hydrogen) atoms. The Kier molecular flexibility index (Phi) is 2.54. The van der Waals surface area contributed by atoms with Crippen molar-refractivity contribution in [3.05, 3.63) is 0 Å². The van der Waals surface area contributed by atoms with Crippen LogP contribution in [0.5, 0.6) is 0 Å². The molecular weight excluding hydrogens is 186 g/mol. The molecule has 1 fully saturated rings. The van der Waals surface area contributed by atoms with Gasteiger partial charge in [0.1, 0.15) is 0 Å². The van der Waals surface area contributed by atoms with E-state index in [4.69, 9.17) is 5.11 Å². The van der Waals surface area contributed by atoms with Gasteiger partial charge in [-0.05, 0) is 0 Å². The molecule has 1 N–H and O–H groups in total. The lowest BCUT2D eigenvalue weighted by molar-refractivity contribution is -0.872. The summed E-state index contributed by atoms with van der Waals surface area (Å²) in [5, 5.41) is 19.3. The van der Waals surface area contributed by atoms with E-state index in [0.717, 1.165) is 0 Å². The SMILES string of the molecule is C[N+](C)(C)C[C@H]1[C@@H](C(=O)[O-])[C@H]1C(=O)O. The van der Waals surface area contributed by atoms with Crippen LogP contribution in [0, 0.1) is 17.8 Å². The maximum Gasteiger partial charge on any atom is 0.307 e. The minimum absolute atomic E-state index is 0.280. The first kappa shape index (κ1) is 11.0. The van der Waals surface area contributed by atoms with Crippen LogP contribution < -0.4 is 5.11 Å². The van der Waals surface area contributed by atoms with Gasteiger partial charge >= 0.3 is 5.97 Å². The first-order valence-corrected chi connectivity index (χ1v) is 4.48. The summed E-state index contributed by atoms with van der Waals surface area (Å²) in [7, 11) is 5.72. The fourth-order valence-corrected chi connectivity index (χ4v) is 1.89. The number of nitrogens with zero attached hydrogens (tertiary/aromatic N) is 1. The highest BCUT2D eigenvalue weighted by atomic mass is 16.4. The van der Waals surface area contributed by atoms with Gasteiger partial charge in [0, 0.05) is 17.8 Å². The van der Waals surface area contributed by atoms with E-state index in [-0.39, 0.29) is 5.92 Å². The van der Waals surface area contributed by atoms with E-state index in [9.17, 15) is 14.7 Å². The van der Waals surface area contributed by atoms with Gasteiger partial charge in [-0.25, -0.2) is 0 Å². The summed E-state index contributed by atoms with van der Waals surface area (Å²) in [5.41, 5.74) is 0. The fraction of sp³-hybridized carbons (Fsp3) is 0.778. The number of carbonyl (C=O) groups is 2. The van der Waals surface area contributed by atoms with Crippen molar-refractivity contribution in [3.63, 3.8) is 0 Å². The summed E-state index contributed by atoms with van der Waals surface area (Å²) in [4.78, 5) is 21.3. The Bertz CT molecular complexity index is 248. The van der Waals surface area contributed by atoms with Crippen LogP contribution in [0.3, 0.4) is 0 Å². The van der Waals surface area contributed by atoms with Crippen molar-refractivity contribution in [2.45, 2.75) is 0 Å². The molecule has 3 atom stereocenters. The number of carboxylic acids is 2. The third-order valence-corrected chi connectivity index (χ3v) is 2.48. The molecule has 0 unspecified atom stereocenters. The number of carboxylic acid groups (broad SMARTS) is 2. The van der Waals surface area contributed by atoms with Crippen LogP contribution in [-0.2, 0) is 9.59 Å². The molecule has 0 aromatic heterocycles. The van der Waals surface area contributed by atoms with Gasteiger partial charge in [-0.1, -0.05) is 0 Å². The van der Waals surface area contributed by atoms with Crippen LogP contribution >= 0.6 is 0 Å². The van der Waals surface area contributed by atoms with Crippen LogP contribution in [0.2, 0.25) is 0 Å². The maximum absolute atomic E-state index is 10.7. The second kappa shape index (κ2) is 3.24. The van der Waals surface area contributed by atoms with Gasteiger partial charge in [0.15, 0.2) is 0 Å². The molecule has 1 aliphatic rings. The van der Waals surface area contributed by atoms with Gasteiger partial charge in [0.2, 0.25) is 0 Å². The third-order valence-electron chi connectivity index (χ3n) is 2.48. The topological polar surface area (TPSA) is 77.4 Å². The van der Waals surface area contributed by atoms with Crippen molar-refractivity contribution in [2.75, 3.05) is 27.7 Å². The van der Waals surface area contributed by atoms with Gasteiger partial charge in [0.05, 0.1) is 33.6 Å². The molecular formula is C9H15NO4. The fourth-order valence-electron chi connectivity index (χ4n) is 1.89. The lowest BCUT2D eigenvalue weighted by Crippen LogP contribution is -2.37. The summed E-state index contributed by atoms with van der Waals surface area (Å²) >= 11 is 0. The van der Waals surface area contributed by atoms with Crippen molar-refractivity contribution in [3.8, 4) is 0 Å². The number of rotatable bonds is 4. The summed E-state index contributed by atoms with van der Waals surface area (Å²) in [6, 6.07) is 0. The summed E-state index contributed by atoms with van der Waals surface area (Å²) in [6.45, 7) is 0.551. The van der Waals surface area contributed by atoms with Gasteiger partial charge in [0.25, 0.3) is 0 Å². The molecule has 80 valence electrons. The molecule has 1 rings (SSSR count). The minimum atomic E-state index is -1.24. The Morgan fingerprint density at radius 2 is 1.79 bits per heavy atom. The number of hydrogen-bond donors (Lipinski definition) is 1. The van der Waals surface area contributed by atoms with E-state index >= 15 is 0 Å². The number of aliphatic carboxylic acids is 2. The van der Waals surface area contributed by atoms with E-state index in [1.165, 1.54) is 0 Å². The van der Waals surface area contributed by atoms with E-state index in [1.807, 2.05) is 21.1 Å². The van der Waals surface area contributed by atoms with Crippen LogP contribution in [0.4, 0.5) is 0 Å². The molecule has 0 spiro atoms. The van der Waals surface area contributed by atoms with Crippen LogP contribution in [-0.4, -0.2) is 49.2 Å². The smallest absolute Gasteiger partial charge is 0.307 e. The summed E-state index contributed by atoms with van der Waals surface area (Å²) < 4.78 is 0.568. The Balaban J connectivity index is 2.64. The molecule has 0 bridgehead atoms. The average molecular weight is 201 g/mol. The lowest BCUT2D eigenvalue weighted by atomic mass is 10.3. The Morgan fingerprint density at radius 1 is 1.29 bits per heavy atom. The van der Waals surface area contributed by atoms with E-state index in [1.54, 1.807) is 0 Å². The Hall–Kier alpha value is -1.10. The maximum atomic E-state index is 10.7. The first-order chi connectivity index (χ1) is 6.24. The molecule has 0 aliphatic heterocycles. The largest absolute Gasteiger partial charge is 0.550 e. The molecule has 0 heterocycles. The zero-order chi connectivity index (χ0) is 11.1. The standard InChI is InChI=1S/C9H15NO4/c1-10(2,3)4-5-6(8(11)12)7(5)9(13)14/h5-7H,4H2,1-3H3,(H-,11,12,13,14)/t5-,6+,7-. The van der Waals surface area contributed by atoms with E-state index < -0.39 is 23.8 Å². The van der Waals surface area contributed by atoms with Crippen molar-refractivity contribution in [1.82, 2.24) is 0 Å². The first-order valence-electron chi connectivity index (χ1n) is 4.48. The summed E-state index contributed by atoms with van der Waals surface area (Å²) in [5.74, 6) is -4.10. The van der Waals surface area contributed by atoms with E-state index in [2.05, 4.69) is 0 Å². The second-order valence-corrected chi connectivity index (χ2v) is 4.85. The average Bonchev–Trinajstić information content (AvgIpc) is 2.57. The van der Waals surface area contributed by atoms with E-state index in [0.29, 0.717) is 11.0 Å². The highest BCUT2D eigenvalue weighted by Crippen LogP contribution is 2.46. The Labute approximate surface area is 82.5 Å². The van der Waals surface area contributed by atoms with Gasteiger partial charge < -0.3 is 19.5 Å². The molecule has 0 saturated heterocycles. The second-order valence-electron chi connectivity index (χ2n) is 4.85. The molecule has 0 radical (unpaired) electrons. The molecule has 1 aliphatic carbocycles. The molecule has 0 aromatic carbocycles. The van der Waals surface area contributed by atoms with Crippen molar-refractivity contribution in [1.29, 1.82) is 0 Å². The molecule has 0 aromatic rings. The van der Waals surface area contributed by atoms with Crippen molar-refractivity contribution in [2.24, 2.45) is 17.8 Å². The lowest BCUT2D eigenvalue weighted by Gasteiger charge is -2.24.